The average molecular weight is 380 g/mol. The average Bonchev–Trinajstić information content (AvgIpc) is 2.73. The highest BCUT2D eigenvalue weighted by Gasteiger charge is 2.35. The summed E-state index contributed by atoms with van der Waals surface area (Å²) in [7, 11) is 1.51. The first-order chi connectivity index (χ1) is 13.6. The lowest BCUT2D eigenvalue weighted by atomic mass is 10.0. The number of anilines is 1. The minimum Gasteiger partial charge on any atom is -0.375 e. The molecule has 1 atom stereocenters. The molecule has 2 aromatic rings. The molecule has 1 aliphatic heterocycles. The van der Waals surface area contributed by atoms with Gasteiger partial charge in [0.25, 0.3) is 0 Å². The number of carbonyl (C=O) groups excluding carboxylic acids is 2. The number of carbonyl (C=O) groups is 2. The largest absolute Gasteiger partial charge is 0.375 e. The number of rotatable bonds is 7. The highest BCUT2D eigenvalue weighted by atomic mass is 16.5. The van der Waals surface area contributed by atoms with E-state index in [-0.39, 0.29) is 31.0 Å². The molecule has 1 aliphatic rings. The number of amides is 2. The Kier molecular flexibility index (Phi) is 6.82. The molecule has 1 unspecified atom stereocenters. The van der Waals surface area contributed by atoms with Gasteiger partial charge in [-0.15, -0.1) is 0 Å². The summed E-state index contributed by atoms with van der Waals surface area (Å²) in [6.45, 7) is 2.77. The van der Waals surface area contributed by atoms with E-state index in [9.17, 15) is 9.59 Å². The van der Waals surface area contributed by atoms with Gasteiger partial charge in [-0.1, -0.05) is 62.2 Å². The molecular formula is C23H28N2O3. The van der Waals surface area contributed by atoms with E-state index in [1.165, 1.54) is 7.11 Å². The molecule has 148 valence electrons. The summed E-state index contributed by atoms with van der Waals surface area (Å²) in [6, 6.07) is 18.2. The van der Waals surface area contributed by atoms with Crippen molar-refractivity contribution in [1.29, 1.82) is 0 Å². The van der Waals surface area contributed by atoms with Gasteiger partial charge in [0.2, 0.25) is 11.8 Å². The molecule has 28 heavy (non-hydrogen) atoms. The molecule has 0 radical (unpaired) electrons. The molecule has 0 bridgehead atoms. The number of unbranched alkanes of at least 4 members (excludes halogenated alkanes) is 1. The molecule has 2 amide bonds. The van der Waals surface area contributed by atoms with Crippen molar-refractivity contribution in [1.82, 2.24) is 4.90 Å². The van der Waals surface area contributed by atoms with E-state index in [2.05, 4.69) is 31.2 Å². The van der Waals surface area contributed by atoms with Crippen molar-refractivity contribution in [2.24, 2.45) is 0 Å². The second-order valence-corrected chi connectivity index (χ2v) is 7.17. The van der Waals surface area contributed by atoms with E-state index in [1.807, 2.05) is 35.2 Å². The van der Waals surface area contributed by atoms with Crippen LogP contribution in [-0.2, 0) is 14.3 Å². The first kappa shape index (κ1) is 20.1. The fourth-order valence-electron chi connectivity index (χ4n) is 3.69. The Balaban J connectivity index is 1.84. The molecule has 1 saturated heterocycles. The van der Waals surface area contributed by atoms with Crippen molar-refractivity contribution in [2.75, 3.05) is 31.7 Å². The van der Waals surface area contributed by atoms with E-state index in [0.717, 1.165) is 36.1 Å². The number of nitrogens with zero attached hydrogens (tertiary/aromatic N) is 2. The van der Waals surface area contributed by atoms with Crippen LogP contribution in [-0.4, -0.2) is 49.6 Å². The normalized spacial score (nSPS) is 17.1. The Hall–Kier alpha value is -2.66. The lowest BCUT2D eigenvalue weighted by Gasteiger charge is -2.41. The van der Waals surface area contributed by atoms with Crippen molar-refractivity contribution in [3.05, 3.63) is 54.6 Å². The molecule has 0 spiro atoms. The van der Waals surface area contributed by atoms with Crippen LogP contribution in [0.3, 0.4) is 0 Å². The Morgan fingerprint density at radius 3 is 2.57 bits per heavy atom. The minimum absolute atomic E-state index is 0.0133. The maximum absolute atomic E-state index is 12.9. The predicted octanol–water partition coefficient (Wildman–Crippen LogP) is 3.73. The zero-order valence-electron chi connectivity index (χ0n) is 16.6. The summed E-state index contributed by atoms with van der Waals surface area (Å²) < 4.78 is 5.00. The van der Waals surface area contributed by atoms with Crippen LogP contribution < -0.4 is 4.90 Å². The van der Waals surface area contributed by atoms with E-state index < -0.39 is 0 Å². The number of ether oxygens (including phenoxy) is 1. The minimum atomic E-state index is -0.116. The van der Waals surface area contributed by atoms with Crippen molar-refractivity contribution < 1.29 is 14.3 Å². The van der Waals surface area contributed by atoms with Crippen molar-refractivity contribution in [2.45, 2.75) is 32.2 Å². The summed E-state index contributed by atoms with van der Waals surface area (Å²) in [5.41, 5.74) is 3.08. The molecule has 0 aliphatic carbocycles. The third kappa shape index (κ3) is 4.60. The molecule has 0 aromatic heterocycles. The van der Waals surface area contributed by atoms with Crippen LogP contribution in [0.4, 0.5) is 5.69 Å². The Bertz CT molecular complexity index is 807. The monoisotopic (exact) mass is 380 g/mol. The van der Waals surface area contributed by atoms with Crippen molar-refractivity contribution >= 4 is 17.5 Å². The van der Waals surface area contributed by atoms with Crippen LogP contribution in [0.15, 0.2) is 54.6 Å². The molecule has 5 heteroatoms. The molecule has 0 N–H and O–H groups in total. The lowest BCUT2D eigenvalue weighted by molar-refractivity contribution is -0.143. The molecule has 0 saturated carbocycles. The van der Waals surface area contributed by atoms with Crippen molar-refractivity contribution in [3.8, 4) is 11.1 Å². The van der Waals surface area contributed by atoms with Crippen LogP contribution in [0.25, 0.3) is 11.1 Å². The summed E-state index contributed by atoms with van der Waals surface area (Å²) in [5, 5.41) is 0. The predicted molar refractivity (Wildman–Crippen MR) is 111 cm³/mol. The fraction of sp³-hybridized carbons (Fsp3) is 0.391. The number of piperazine rings is 1. The fourth-order valence-corrected chi connectivity index (χ4v) is 3.69. The molecule has 3 rings (SSSR count). The van der Waals surface area contributed by atoms with Gasteiger partial charge in [-0.3, -0.25) is 9.59 Å². The number of methoxy groups -OCH3 is 1. The maximum atomic E-state index is 12.9. The zero-order chi connectivity index (χ0) is 19.9. The van der Waals surface area contributed by atoms with E-state index in [1.54, 1.807) is 4.90 Å². The summed E-state index contributed by atoms with van der Waals surface area (Å²) >= 11 is 0. The van der Waals surface area contributed by atoms with Gasteiger partial charge in [0.05, 0.1) is 6.04 Å². The Morgan fingerprint density at radius 1 is 1.11 bits per heavy atom. The Morgan fingerprint density at radius 2 is 1.86 bits per heavy atom. The zero-order valence-corrected chi connectivity index (χ0v) is 16.6. The van der Waals surface area contributed by atoms with E-state index >= 15 is 0 Å². The molecule has 2 aromatic carbocycles. The molecule has 1 heterocycles. The second kappa shape index (κ2) is 9.51. The number of hydrogen-bond acceptors (Lipinski definition) is 3. The summed E-state index contributed by atoms with van der Waals surface area (Å²) in [5.74, 6) is -0.169. The Labute approximate surface area is 166 Å². The summed E-state index contributed by atoms with van der Waals surface area (Å²) in [6.07, 6.45) is 2.96. The van der Waals surface area contributed by atoms with Gasteiger partial charge in [0.15, 0.2) is 0 Å². The van der Waals surface area contributed by atoms with Crippen LogP contribution >= 0.6 is 0 Å². The highest BCUT2D eigenvalue weighted by molar-refractivity contribution is 5.98. The van der Waals surface area contributed by atoms with E-state index in [4.69, 9.17) is 4.74 Å². The lowest BCUT2D eigenvalue weighted by Crippen LogP contribution is -2.58. The first-order valence-corrected chi connectivity index (χ1v) is 9.88. The SMILES string of the molecule is CCCCC1CN(c2cccc(-c3ccccc3)c2)C(=O)CN1C(=O)COC. The van der Waals surface area contributed by atoms with Crippen molar-refractivity contribution in [3.63, 3.8) is 0 Å². The van der Waals surface area contributed by atoms with Gasteiger partial charge in [0.1, 0.15) is 13.2 Å². The maximum Gasteiger partial charge on any atom is 0.249 e. The van der Waals surface area contributed by atoms with Gasteiger partial charge in [-0.05, 0) is 29.7 Å². The molecule has 5 nitrogen and oxygen atoms in total. The summed E-state index contributed by atoms with van der Waals surface area (Å²) in [4.78, 5) is 28.8. The van der Waals surface area contributed by atoms with Gasteiger partial charge in [-0.25, -0.2) is 0 Å². The third-order valence-corrected chi connectivity index (χ3v) is 5.18. The van der Waals surface area contributed by atoms with Crippen LogP contribution in [0.5, 0.6) is 0 Å². The van der Waals surface area contributed by atoms with Gasteiger partial charge in [-0.2, -0.15) is 0 Å². The standard InChI is InChI=1S/C23H28N2O3/c1-3-4-12-21-15-24(22(26)16-25(21)23(27)17-28-2)20-13-8-11-19(14-20)18-9-6-5-7-10-18/h5-11,13-14,21H,3-4,12,15-17H2,1-2H3. The quantitative estimate of drug-likeness (QED) is 0.735. The smallest absolute Gasteiger partial charge is 0.249 e. The second-order valence-electron chi connectivity index (χ2n) is 7.17. The van der Waals surface area contributed by atoms with Crippen LogP contribution in [0, 0.1) is 0 Å². The van der Waals surface area contributed by atoms with Gasteiger partial charge < -0.3 is 14.5 Å². The number of hydrogen-bond donors (Lipinski definition) is 0. The van der Waals surface area contributed by atoms with Crippen LogP contribution in [0.2, 0.25) is 0 Å². The van der Waals surface area contributed by atoms with Crippen LogP contribution in [0.1, 0.15) is 26.2 Å². The highest BCUT2D eigenvalue weighted by Crippen LogP contribution is 2.27. The number of benzene rings is 2. The first-order valence-electron chi connectivity index (χ1n) is 9.88. The molecular weight excluding hydrogens is 352 g/mol. The topological polar surface area (TPSA) is 49.9 Å². The van der Waals surface area contributed by atoms with E-state index in [0.29, 0.717) is 6.54 Å². The third-order valence-electron chi connectivity index (χ3n) is 5.18. The van der Waals surface area contributed by atoms with Gasteiger partial charge >= 0.3 is 0 Å². The molecule has 1 fully saturated rings. The van der Waals surface area contributed by atoms with Gasteiger partial charge in [0, 0.05) is 19.3 Å².